The van der Waals surface area contributed by atoms with Crippen LogP contribution in [0.15, 0.2) is 24.3 Å². The van der Waals surface area contributed by atoms with Crippen molar-refractivity contribution in [2.24, 2.45) is 0 Å². The van der Waals surface area contributed by atoms with Crippen LogP contribution in [0.4, 0.5) is 4.79 Å². The highest BCUT2D eigenvalue weighted by Crippen LogP contribution is 2.21. The van der Waals surface area contributed by atoms with Crippen molar-refractivity contribution in [1.82, 2.24) is 15.5 Å². The molecule has 0 radical (unpaired) electrons. The largest absolute Gasteiger partial charge is 0.494 e. The molecule has 1 saturated carbocycles. The van der Waals surface area contributed by atoms with Gasteiger partial charge in [-0.2, -0.15) is 0 Å². The van der Waals surface area contributed by atoms with Crippen LogP contribution in [0.25, 0.3) is 0 Å². The van der Waals surface area contributed by atoms with Gasteiger partial charge in [-0.3, -0.25) is 4.79 Å². The monoisotopic (exact) mass is 401 g/mol. The molecule has 6 nitrogen and oxygen atoms in total. The number of carbonyl (C=O) groups excluding carboxylic acids is 2. The van der Waals surface area contributed by atoms with Crippen LogP contribution in [0.3, 0.4) is 0 Å². The smallest absolute Gasteiger partial charge is 0.315 e. The van der Waals surface area contributed by atoms with Crippen molar-refractivity contribution >= 4 is 11.9 Å². The number of piperidine rings is 1. The summed E-state index contributed by atoms with van der Waals surface area (Å²) in [6.45, 7) is 4.01. The second kappa shape index (κ2) is 11.1. The van der Waals surface area contributed by atoms with Gasteiger partial charge in [0.05, 0.1) is 6.61 Å². The topological polar surface area (TPSA) is 70.7 Å². The number of benzene rings is 1. The van der Waals surface area contributed by atoms with Gasteiger partial charge in [-0.25, -0.2) is 4.79 Å². The molecule has 1 heterocycles. The van der Waals surface area contributed by atoms with E-state index in [4.69, 9.17) is 4.74 Å². The number of likely N-dealkylation sites (tertiary alicyclic amines) is 1. The highest BCUT2D eigenvalue weighted by atomic mass is 16.5. The fourth-order valence-electron chi connectivity index (χ4n) is 4.34. The zero-order valence-corrected chi connectivity index (χ0v) is 17.6. The summed E-state index contributed by atoms with van der Waals surface area (Å²) in [5.41, 5.74) is 1.08. The molecular formula is C23H35N3O3. The molecule has 0 atom stereocenters. The first-order valence-corrected chi connectivity index (χ1v) is 11.2. The third-order valence-corrected chi connectivity index (χ3v) is 6.00. The lowest BCUT2D eigenvalue weighted by molar-refractivity contribution is -0.132. The standard InChI is InChI=1S/C23H35N3O3/c1-2-29-21-11-7-6-8-18(21)12-13-22(27)26-16-14-20(15-17-26)25-23(28)24-19-9-4-3-5-10-19/h6-8,11,19-20H,2-5,9-10,12-17H2,1H3,(H2,24,25,28). The molecule has 3 amide bonds. The Hall–Kier alpha value is -2.24. The van der Waals surface area contributed by atoms with Gasteiger partial charge in [0.25, 0.3) is 0 Å². The van der Waals surface area contributed by atoms with Gasteiger partial charge in [0, 0.05) is 31.6 Å². The Labute approximate surface area is 174 Å². The van der Waals surface area contributed by atoms with Crippen molar-refractivity contribution < 1.29 is 14.3 Å². The summed E-state index contributed by atoms with van der Waals surface area (Å²) < 4.78 is 5.65. The summed E-state index contributed by atoms with van der Waals surface area (Å²) in [6.07, 6.45) is 8.70. The number of nitrogens with one attached hydrogen (secondary N) is 2. The van der Waals surface area contributed by atoms with Crippen molar-refractivity contribution in [2.45, 2.75) is 76.8 Å². The molecule has 29 heavy (non-hydrogen) atoms. The Morgan fingerprint density at radius 2 is 1.66 bits per heavy atom. The Balaban J connectivity index is 1.37. The maximum absolute atomic E-state index is 12.6. The summed E-state index contributed by atoms with van der Waals surface area (Å²) in [5, 5.41) is 6.21. The molecule has 3 rings (SSSR count). The van der Waals surface area contributed by atoms with Crippen LogP contribution in [0, 0.1) is 0 Å². The Kier molecular flexibility index (Phi) is 8.20. The number of carbonyl (C=O) groups is 2. The van der Waals surface area contributed by atoms with Crippen LogP contribution < -0.4 is 15.4 Å². The van der Waals surface area contributed by atoms with Gasteiger partial charge >= 0.3 is 6.03 Å². The number of urea groups is 1. The van der Waals surface area contributed by atoms with Crippen molar-refractivity contribution in [3.8, 4) is 5.75 Å². The number of aryl methyl sites for hydroxylation is 1. The third-order valence-electron chi connectivity index (χ3n) is 6.00. The van der Waals surface area contributed by atoms with E-state index in [0.717, 1.165) is 37.0 Å². The maximum Gasteiger partial charge on any atom is 0.315 e. The van der Waals surface area contributed by atoms with Crippen molar-refractivity contribution in [3.63, 3.8) is 0 Å². The molecule has 160 valence electrons. The van der Waals surface area contributed by atoms with Gasteiger partial charge in [-0.1, -0.05) is 37.5 Å². The zero-order valence-electron chi connectivity index (χ0n) is 17.6. The lowest BCUT2D eigenvalue weighted by atomic mass is 9.96. The van der Waals surface area contributed by atoms with Crippen LogP contribution in [-0.2, 0) is 11.2 Å². The molecular weight excluding hydrogens is 366 g/mol. The first kappa shape index (κ1) is 21.5. The molecule has 2 aliphatic rings. The van der Waals surface area contributed by atoms with E-state index in [-0.39, 0.29) is 18.0 Å². The fraction of sp³-hybridized carbons (Fsp3) is 0.652. The Bertz CT molecular complexity index is 665. The lowest BCUT2D eigenvalue weighted by Gasteiger charge is -2.33. The van der Waals surface area contributed by atoms with Gasteiger partial charge in [0.2, 0.25) is 5.91 Å². The number of rotatable bonds is 7. The van der Waals surface area contributed by atoms with Crippen LogP contribution in [0.2, 0.25) is 0 Å². The van der Waals surface area contributed by atoms with Crippen LogP contribution >= 0.6 is 0 Å². The van der Waals surface area contributed by atoms with Crippen molar-refractivity contribution in [2.75, 3.05) is 19.7 Å². The minimum Gasteiger partial charge on any atom is -0.494 e. The number of nitrogens with zero attached hydrogens (tertiary/aromatic N) is 1. The average molecular weight is 402 g/mol. The molecule has 1 saturated heterocycles. The van der Waals surface area contributed by atoms with Gasteiger partial charge in [-0.15, -0.1) is 0 Å². The summed E-state index contributed by atoms with van der Waals surface area (Å²) in [7, 11) is 0. The molecule has 1 aromatic carbocycles. The molecule has 6 heteroatoms. The lowest BCUT2D eigenvalue weighted by Crippen LogP contribution is -2.51. The first-order chi connectivity index (χ1) is 14.2. The third kappa shape index (κ3) is 6.65. The molecule has 2 N–H and O–H groups in total. The van der Waals surface area contributed by atoms with E-state index in [1.54, 1.807) is 0 Å². The Morgan fingerprint density at radius 1 is 1.00 bits per heavy atom. The summed E-state index contributed by atoms with van der Waals surface area (Å²) >= 11 is 0. The molecule has 1 aliphatic heterocycles. The van der Waals surface area contributed by atoms with Crippen LogP contribution in [-0.4, -0.2) is 48.6 Å². The SMILES string of the molecule is CCOc1ccccc1CCC(=O)N1CCC(NC(=O)NC2CCCCC2)CC1. The second-order valence-electron chi connectivity index (χ2n) is 8.15. The maximum atomic E-state index is 12.6. The predicted molar refractivity (Wildman–Crippen MR) is 114 cm³/mol. The van der Waals surface area contributed by atoms with Gasteiger partial charge in [-0.05, 0) is 50.7 Å². The van der Waals surface area contributed by atoms with Crippen molar-refractivity contribution in [3.05, 3.63) is 29.8 Å². The molecule has 0 spiro atoms. The van der Waals surface area contributed by atoms with E-state index in [9.17, 15) is 9.59 Å². The normalized spacial score (nSPS) is 18.3. The number of hydrogen-bond acceptors (Lipinski definition) is 3. The van der Waals surface area contributed by atoms with Crippen molar-refractivity contribution in [1.29, 1.82) is 0 Å². The number of amides is 3. The fourth-order valence-corrected chi connectivity index (χ4v) is 4.34. The minimum absolute atomic E-state index is 0.0470. The quantitative estimate of drug-likeness (QED) is 0.733. The highest BCUT2D eigenvalue weighted by molar-refractivity contribution is 5.77. The van der Waals surface area contributed by atoms with E-state index in [2.05, 4.69) is 10.6 Å². The van der Waals surface area contributed by atoms with E-state index < -0.39 is 0 Å². The molecule has 1 aliphatic carbocycles. The summed E-state index contributed by atoms with van der Waals surface area (Å²) in [6, 6.07) is 8.36. The minimum atomic E-state index is -0.0470. The molecule has 2 fully saturated rings. The Morgan fingerprint density at radius 3 is 2.34 bits per heavy atom. The number of para-hydroxylation sites is 1. The van der Waals surface area contributed by atoms with Gasteiger partial charge in [0.1, 0.15) is 5.75 Å². The van der Waals surface area contributed by atoms with E-state index >= 15 is 0 Å². The van der Waals surface area contributed by atoms with E-state index in [0.29, 0.717) is 38.6 Å². The molecule has 0 bridgehead atoms. The average Bonchev–Trinajstić information content (AvgIpc) is 2.74. The number of ether oxygens (including phenoxy) is 1. The molecule has 1 aromatic rings. The van der Waals surface area contributed by atoms with Gasteiger partial charge in [0.15, 0.2) is 0 Å². The summed E-state index contributed by atoms with van der Waals surface area (Å²) in [5.74, 6) is 1.05. The first-order valence-electron chi connectivity index (χ1n) is 11.2. The van der Waals surface area contributed by atoms with Crippen LogP contribution in [0.5, 0.6) is 5.75 Å². The number of hydrogen-bond donors (Lipinski definition) is 2. The summed E-state index contributed by atoms with van der Waals surface area (Å²) in [4.78, 5) is 26.8. The zero-order chi connectivity index (χ0) is 20.5. The van der Waals surface area contributed by atoms with Gasteiger partial charge < -0.3 is 20.3 Å². The second-order valence-corrected chi connectivity index (χ2v) is 8.15. The molecule has 0 unspecified atom stereocenters. The van der Waals surface area contributed by atoms with E-state index in [1.807, 2.05) is 36.1 Å². The van der Waals surface area contributed by atoms with Crippen LogP contribution in [0.1, 0.15) is 63.9 Å². The predicted octanol–water partition coefficient (Wildman–Crippen LogP) is 3.64. The highest BCUT2D eigenvalue weighted by Gasteiger charge is 2.24. The van der Waals surface area contributed by atoms with E-state index in [1.165, 1.54) is 19.3 Å². The molecule has 0 aromatic heterocycles.